The fourth-order valence-electron chi connectivity index (χ4n) is 1.10. The van der Waals surface area contributed by atoms with Crippen molar-refractivity contribution in [2.24, 2.45) is 0 Å². The van der Waals surface area contributed by atoms with Crippen LogP contribution < -0.4 is 5.63 Å². The Kier molecular flexibility index (Phi) is 3.69. The lowest BCUT2D eigenvalue weighted by molar-refractivity contribution is 0.0782. The molecule has 0 unspecified atom stereocenters. The summed E-state index contributed by atoms with van der Waals surface area (Å²) >= 11 is 0. The maximum absolute atomic E-state index is 11.7. The second kappa shape index (κ2) is 5.01. The molecule has 4 heteroatoms. The van der Waals surface area contributed by atoms with Crippen molar-refractivity contribution in [3.05, 3.63) is 34.4 Å². The van der Waals surface area contributed by atoms with Gasteiger partial charge in [0.1, 0.15) is 6.26 Å². The molecule has 0 saturated carbocycles. The molecule has 1 amide bonds. The summed E-state index contributed by atoms with van der Waals surface area (Å²) in [4.78, 5) is 23.9. The van der Waals surface area contributed by atoms with E-state index in [0.717, 1.165) is 6.26 Å². The monoisotopic (exact) mass is 205 g/mol. The largest absolute Gasteiger partial charge is 0.430 e. The highest BCUT2D eigenvalue weighted by molar-refractivity contribution is 5.93. The van der Waals surface area contributed by atoms with Crippen LogP contribution in [-0.4, -0.2) is 23.9 Å². The van der Waals surface area contributed by atoms with Gasteiger partial charge in [0.2, 0.25) is 0 Å². The van der Waals surface area contributed by atoms with Gasteiger partial charge in [0.25, 0.3) is 5.91 Å². The Labute approximate surface area is 87.5 Å². The van der Waals surface area contributed by atoms with Crippen LogP contribution in [0.1, 0.15) is 17.3 Å². The summed E-state index contributed by atoms with van der Waals surface area (Å²) in [7, 11) is 0. The minimum atomic E-state index is -0.480. The Morgan fingerprint density at radius 2 is 2.33 bits per heavy atom. The van der Waals surface area contributed by atoms with Crippen molar-refractivity contribution in [2.75, 3.05) is 13.1 Å². The van der Waals surface area contributed by atoms with E-state index in [2.05, 4.69) is 10.3 Å². The summed E-state index contributed by atoms with van der Waals surface area (Å²) in [6.45, 7) is 2.59. The maximum atomic E-state index is 11.7. The van der Waals surface area contributed by atoms with Gasteiger partial charge in [-0.2, -0.15) is 0 Å². The highest BCUT2D eigenvalue weighted by Crippen LogP contribution is 2.01. The first-order chi connectivity index (χ1) is 7.19. The molecule has 0 fully saturated rings. The molecular formula is C11H11NO3. The molecular weight excluding hydrogens is 194 g/mol. The molecule has 1 heterocycles. The van der Waals surface area contributed by atoms with Crippen molar-refractivity contribution in [3.63, 3.8) is 0 Å². The van der Waals surface area contributed by atoms with Gasteiger partial charge in [-0.15, -0.1) is 6.42 Å². The lowest BCUT2D eigenvalue weighted by Crippen LogP contribution is -2.31. The number of nitrogens with zero attached hydrogens (tertiary/aromatic N) is 1. The third kappa shape index (κ3) is 2.71. The number of hydrogen-bond donors (Lipinski definition) is 0. The number of hydrogen-bond acceptors (Lipinski definition) is 3. The van der Waals surface area contributed by atoms with Crippen LogP contribution in [0.4, 0.5) is 0 Å². The van der Waals surface area contributed by atoms with E-state index >= 15 is 0 Å². The molecule has 1 aromatic rings. The predicted octanol–water partition coefficient (Wildman–Crippen LogP) is 0.735. The molecule has 0 aromatic carbocycles. The van der Waals surface area contributed by atoms with Gasteiger partial charge in [-0.3, -0.25) is 4.79 Å². The van der Waals surface area contributed by atoms with Gasteiger partial charge < -0.3 is 9.32 Å². The second-order valence-electron chi connectivity index (χ2n) is 2.87. The quantitative estimate of drug-likeness (QED) is 0.684. The van der Waals surface area contributed by atoms with E-state index in [1.54, 1.807) is 0 Å². The number of rotatable bonds is 3. The summed E-state index contributed by atoms with van der Waals surface area (Å²) in [6.07, 6.45) is 6.27. The first-order valence-corrected chi connectivity index (χ1v) is 4.50. The zero-order chi connectivity index (χ0) is 11.3. The Hall–Kier alpha value is -2.02. The smallest absolute Gasteiger partial charge is 0.335 e. The molecule has 4 nitrogen and oxygen atoms in total. The fraction of sp³-hybridized carbons (Fsp3) is 0.273. The van der Waals surface area contributed by atoms with Gasteiger partial charge in [-0.1, -0.05) is 5.92 Å². The molecule has 0 aliphatic rings. The zero-order valence-corrected chi connectivity index (χ0v) is 8.40. The zero-order valence-electron chi connectivity index (χ0n) is 8.40. The van der Waals surface area contributed by atoms with E-state index in [4.69, 9.17) is 6.42 Å². The van der Waals surface area contributed by atoms with Crippen LogP contribution >= 0.6 is 0 Å². The highest BCUT2D eigenvalue weighted by atomic mass is 16.4. The molecule has 0 atom stereocenters. The molecule has 1 rings (SSSR count). The van der Waals surface area contributed by atoms with Crippen molar-refractivity contribution in [3.8, 4) is 12.3 Å². The first-order valence-electron chi connectivity index (χ1n) is 4.50. The van der Waals surface area contributed by atoms with Gasteiger partial charge in [-0.05, 0) is 13.0 Å². The standard InChI is InChI=1S/C11H11NO3/c1-3-7-12(4-2)11(14)9-5-6-10(13)15-8-9/h1,5-6,8H,4,7H2,2H3. The van der Waals surface area contributed by atoms with E-state index < -0.39 is 5.63 Å². The van der Waals surface area contributed by atoms with E-state index in [1.165, 1.54) is 17.0 Å². The average molecular weight is 205 g/mol. The topological polar surface area (TPSA) is 50.5 Å². The molecule has 0 saturated heterocycles. The lowest BCUT2D eigenvalue weighted by Gasteiger charge is -2.17. The van der Waals surface area contributed by atoms with Gasteiger partial charge in [-0.25, -0.2) is 4.79 Å². The lowest BCUT2D eigenvalue weighted by atomic mass is 10.2. The summed E-state index contributed by atoms with van der Waals surface area (Å²) in [5.41, 5.74) is -0.154. The maximum Gasteiger partial charge on any atom is 0.335 e. The SMILES string of the molecule is C#CCN(CC)C(=O)c1ccc(=O)oc1. The van der Waals surface area contributed by atoms with Gasteiger partial charge in [0.15, 0.2) is 0 Å². The third-order valence-corrected chi connectivity index (χ3v) is 1.90. The fourth-order valence-corrected chi connectivity index (χ4v) is 1.10. The van der Waals surface area contributed by atoms with Crippen molar-refractivity contribution >= 4 is 5.91 Å². The van der Waals surface area contributed by atoms with Crippen molar-refractivity contribution < 1.29 is 9.21 Å². The predicted molar refractivity (Wildman–Crippen MR) is 55.4 cm³/mol. The van der Waals surface area contributed by atoms with E-state index in [0.29, 0.717) is 12.1 Å². The summed E-state index contributed by atoms with van der Waals surface area (Å²) in [5.74, 6) is 2.16. The normalized spacial score (nSPS) is 9.33. The number of carbonyl (C=O) groups is 1. The summed E-state index contributed by atoms with van der Waals surface area (Å²) in [5, 5.41) is 0. The number of carbonyl (C=O) groups excluding carboxylic acids is 1. The first kappa shape index (κ1) is 11.1. The molecule has 0 spiro atoms. The molecule has 0 radical (unpaired) electrons. The Balaban J connectivity index is 2.88. The van der Waals surface area contributed by atoms with Crippen LogP contribution in [0.3, 0.4) is 0 Å². The summed E-state index contributed by atoms with van der Waals surface area (Å²) < 4.78 is 4.60. The van der Waals surface area contributed by atoms with E-state index in [1.807, 2.05) is 6.92 Å². The van der Waals surface area contributed by atoms with Gasteiger partial charge in [0.05, 0.1) is 12.1 Å². The highest BCUT2D eigenvalue weighted by Gasteiger charge is 2.13. The van der Waals surface area contributed by atoms with E-state index in [9.17, 15) is 9.59 Å². The number of terminal acetylenes is 1. The third-order valence-electron chi connectivity index (χ3n) is 1.90. The van der Waals surface area contributed by atoms with Gasteiger partial charge >= 0.3 is 5.63 Å². The second-order valence-corrected chi connectivity index (χ2v) is 2.87. The van der Waals surface area contributed by atoms with Gasteiger partial charge in [0, 0.05) is 12.6 Å². The van der Waals surface area contributed by atoms with Crippen LogP contribution in [0, 0.1) is 12.3 Å². The molecule has 0 bridgehead atoms. The number of amides is 1. The van der Waals surface area contributed by atoms with Crippen LogP contribution in [0.5, 0.6) is 0 Å². The summed E-state index contributed by atoms with van der Waals surface area (Å²) in [6, 6.07) is 2.63. The molecule has 0 N–H and O–H groups in total. The van der Waals surface area contributed by atoms with Crippen molar-refractivity contribution in [2.45, 2.75) is 6.92 Å². The minimum absolute atomic E-state index is 0.237. The van der Waals surface area contributed by atoms with Crippen molar-refractivity contribution in [1.29, 1.82) is 0 Å². The van der Waals surface area contributed by atoms with Crippen LogP contribution in [0.25, 0.3) is 0 Å². The molecule has 0 aliphatic heterocycles. The Bertz CT molecular complexity index is 421. The van der Waals surface area contributed by atoms with E-state index in [-0.39, 0.29) is 12.5 Å². The molecule has 15 heavy (non-hydrogen) atoms. The van der Waals surface area contributed by atoms with Crippen LogP contribution in [0.2, 0.25) is 0 Å². The molecule has 78 valence electrons. The Morgan fingerprint density at radius 1 is 1.60 bits per heavy atom. The molecule has 1 aromatic heterocycles. The average Bonchev–Trinajstić information content (AvgIpc) is 2.26. The van der Waals surface area contributed by atoms with Crippen LogP contribution in [0.15, 0.2) is 27.6 Å². The molecule has 0 aliphatic carbocycles. The van der Waals surface area contributed by atoms with Crippen molar-refractivity contribution in [1.82, 2.24) is 4.90 Å². The Morgan fingerprint density at radius 3 is 2.80 bits per heavy atom. The van der Waals surface area contributed by atoms with Crippen LogP contribution in [-0.2, 0) is 0 Å². The minimum Gasteiger partial charge on any atom is -0.430 e.